The molecular formula is C29H33N3O4. The lowest BCUT2D eigenvalue weighted by molar-refractivity contribution is -0.145. The van der Waals surface area contributed by atoms with E-state index in [1.54, 1.807) is 29.4 Å². The number of carbonyl (C=O) groups is 4. The van der Waals surface area contributed by atoms with Crippen LogP contribution in [0.2, 0.25) is 0 Å². The first-order valence-corrected chi connectivity index (χ1v) is 13.1. The highest BCUT2D eigenvalue weighted by Crippen LogP contribution is 2.44. The van der Waals surface area contributed by atoms with Crippen molar-refractivity contribution < 1.29 is 19.2 Å². The van der Waals surface area contributed by atoms with Crippen LogP contribution in [0, 0.1) is 12.8 Å². The molecule has 188 valence electrons. The highest BCUT2D eigenvalue weighted by molar-refractivity contribution is 6.11. The van der Waals surface area contributed by atoms with Gasteiger partial charge in [-0.1, -0.05) is 37.1 Å². The smallest absolute Gasteiger partial charge is 0.241 e. The van der Waals surface area contributed by atoms with E-state index in [0.717, 1.165) is 43.2 Å². The van der Waals surface area contributed by atoms with Crippen LogP contribution in [0.5, 0.6) is 0 Å². The third kappa shape index (κ3) is 4.36. The van der Waals surface area contributed by atoms with Crippen molar-refractivity contribution in [3.05, 3.63) is 65.5 Å². The summed E-state index contributed by atoms with van der Waals surface area (Å²) in [5.41, 5.74) is 1.03. The SMILES string of the molecule is Cc1ccccc1C1(CC(=O)N2CCCC(C(=O)c3cccnc3)C2)CC(=O)N(C2CCCC2)C1=O. The van der Waals surface area contributed by atoms with Crippen LogP contribution in [0.15, 0.2) is 48.8 Å². The number of nitrogens with zero attached hydrogens (tertiary/aromatic N) is 3. The number of likely N-dealkylation sites (tertiary alicyclic amines) is 2. The maximum absolute atomic E-state index is 14.0. The van der Waals surface area contributed by atoms with Crippen molar-refractivity contribution >= 4 is 23.5 Å². The standard InChI is InChI=1S/C29H33N3O4/c1-20-8-2-5-13-24(20)29(17-26(34)32(28(29)36)23-11-3-4-12-23)16-25(33)31-15-7-10-22(19-31)27(35)21-9-6-14-30-18-21/h2,5-6,8-9,13-14,18,22-23H,3-4,7,10-12,15-17,19H2,1H3. The summed E-state index contributed by atoms with van der Waals surface area (Å²) < 4.78 is 0. The molecule has 2 unspecified atom stereocenters. The number of Topliss-reactive ketones (excluding diaryl/α,β-unsaturated/α-hetero) is 1. The summed E-state index contributed by atoms with van der Waals surface area (Å²) >= 11 is 0. The Morgan fingerprint density at radius 2 is 1.81 bits per heavy atom. The van der Waals surface area contributed by atoms with Crippen LogP contribution in [0.1, 0.15) is 72.9 Å². The molecule has 0 bridgehead atoms. The van der Waals surface area contributed by atoms with Crippen LogP contribution in [-0.2, 0) is 19.8 Å². The third-order valence-electron chi connectivity index (χ3n) is 8.24. The summed E-state index contributed by atoms with van der Waals surface area (Å²) in [7, 11) is 0. The Morgan fingerprint density at radius 3 is 2.53 bits per heavy atom. The summed E-state index contributed by atoms with van der Waals surface area (Å²) in [6.45, 7) is 2.81. The highest BCUT2D eigenvalue weighted by atomic mass is 16.2. The number of piperidine rings is 1. The Morgan fingerprint density at radius 1 is 1.03 bits per heavy atom. The van der Waals surface area contributed by atoms with Crippen molar-refractivity contribution in [2.24, 2.45) is 5.92 Å². The molecule has 3 aliphatic rings. The molecule has 36 heavy (non-hydrogen) atoms. The second-order valence-corrected chi connectivity index (χ2v) is 10.5. The molecule has 0 radical (unpaired) electrons. The highest BCUT2D eigenvalue weighted by Gasteiger charge is 2.56. The van der Waals surface area contributed by atoms with Gasteiger partial charge in [-0.05, 0) is 55.9 Å². The first-order chi connectivity index (χ1) is 17.4. The van der Waals surface area contributed by atoms with Gasteiger partial charge in [0.05, 0.1) is 5.41 Å². The maximum atomic E-state index is 14.0. The molecule has 1 aromatic carbocycles. The minimum absolute atomic E-state index is 0.00579. The molecule has 3 heterocycles. The number of aromatic nitrogens is 1. The molecule has 2 aromatic rings. The number of ketones is 1. The van der Waals surface area contributed by atoms with Gasteiger partial charge in [-0.15, -0.1) is 0 Å². The third-order valence-corrected chi connectivity index (χ3v) is 8.24. The van der Waals surface area contributed by atoms with Crippen LogP contribution < -0.4 is 0 Å². The van der Waals surface area contributed by atoms with Gasteiger partial charge < -0.3 is 4.90 Å². The molecule has 1 aliphatic carbocycles. The van der Waals surface area contributed by atoms with Gasteiger partial charge >= 0.3 is 0 Å². The molecule has 7 heteroatoms. The molecule has 2 aliphatic heterocycles. The largest absolute Gasteiger partial charge is 0.342 e. The minimum atomic E-state index is -1.19. The molecular weight excluding hydrogens is 454 g/mol. The van der Waals surface area contributed by atoms with E-state index < -0.39 is 5.41 Å². The van der Waals surface area contributed by atoms with Gasteiger partial charge in [0.1, 0.15) is 0 Å². The van der Waals surface area contributed by atoms with Crippen molar-refractivity contribution in [3.8, 4) is 0 Å². The Bertz CT molecular complexity index is 1170. The van der Waals surface area contributed by atoms with E-state index in [2.05, 4.69) is 4.98 Å². The van der Waals surface area contributed by atoms with Crippen molar-refractivity contribution in [2.45, 2.75) is 69.7 Å². The number of pyridine rings is 1. The van der Waals surface area contributed by atoms with Crippen molar-refractivity contribution in [3.63, 3.8) is 0 Å². The summed E-state index contributed by atoms with van der Waals surface area (Å²) in [5.74, 6) is -0.879. The summed E-state index contributed by atoms with van der Waals surface area (Å²) in [5, 5.41) is 0. The number of benzene rings is 1. The van der Waals surface area contributed by atoms with Gasteiger partial charge in [-0.25, -0.2) is 0 Å². The monoisotopic (exact) mass is 487 g/mol. The Balaban J connectivity index is 1.41. The number of carbonyl (C=O) groups excluding carboxylic acids is 4. The topological polar surface area (TPSA) is 87.7 Å². The van der Waals surface area contributed by atoms with E-state index in [4.69, 9.17) is 0 Å². The van der Waals surface area contributed by atoms with Crippen LogP contribution in [-0.4, -0.2) is 57.4 Å². The van der Waals surface area contributed by atoms with Crippen LogP contribution >= 0.6 is 0 Å². The van der Waals surface area contributed by atoms with Crippen LogP contribution in [0.4, 0.5) is 0 Å². The zero-order valence-corrected chi connectivity index (χ0v) is 20.8. The van der Waals surface area contributed by atoms with Crippen LogP contribution in [0.3, 0.4) is 0 Å². The molecule has 0 spiro atoms. The number of hydrogen-bond acceptors (Lipinski definition) is 5. The first-order valence-electron chi connectivity index (χ1n) is 13.1. The van der Waals surface area contributed by atoms with E-state index >= 15 is 0 Å². The van der Waals surface area contributed by atoms with Gasteiger partial charge in [0.25, 0.3) is 0 Å². The second-order valence-electron chi connectivity index (χ2n) is 10.5. The molecule has 3 fully saturated rings. The molecule has 3 amide bonds. The molecule has 0 N–H and O–H groups in total. The van der Waals surface area contributed by atoms with Crippen molar-refractivity contribution in [1.82, 2.24) is 14.8 Å². The summed E-state index contributed by atoms with van der Waals surface area (Å²) in [6, 6.07) is 11.0. The average molecular weight is 488 g/mol. The fourth-order valence-electron chi connectivity index (χ4n) is 6.38. The van der Waals surface area contributed by atoms with Crippen molar-refractivity contribution in [2.75, 3.05) is 13.1 Å². The van der Waals surface area contributed by atoms with Gasteiger partial charge in [0.2, 0.25) is 17.7 Å². The molecule has 2 saturated heterocycles. The average Bonchev–Trinajstić information content (AvgIpc) is 3.50. The van der Waals surface area contributed by atoms with Gasteiger partial charge in [0, 0.05) is 55.8 Å². The Labute approximate surface area is 211 Å². The lowest BCUT2D eigenvalue weighted by Gasteiger charge is -2.36. The maximum Gasteiger partial charge on any atom is 0.241 e. The quantitative estimate of drug-likeness (QED) is 0.456. The number of rotatable bonds is 6. The van der Waals surface area contributed by atoms with Gasteiger partial charge in [0.15, 0.2) is 5.78 Å². The van der Waals surface area contributed by atoms with E-state index in [0.29, 0.717) is 25.1 Å². The van der Waals surface area contributed by atoms with E-state index in [-0.39, 0.29) is 48.3 Å². The lowest BCUT2D eigenvalue weighted by Crippen LogP contribution is -2.48. The predicted octanol–water partition coefficient (Wildman–Crippen LogP) is 3.84. The lowest BCUT2D eigenvalue weighted by atomic mass is 9.73. The predicted molar refractivity (Wildman–Crippen MR) is 134 cm³/mol. The Hall–Kier alpha value is -3.35. The number of hydrogen-bond donors (Lipinski definition) is 0. The zero-order valence-electron chi connectivity index (χ0n) is 20.8. The fourth-order valence-corrected chi connectivity index (χ4v) is 6.38. The molecule has 1 saturated carbocycles. The van der Waals surface area contributed by atoms with E-state index in [9.17, 15) is 19.2 Å². The molecule has 7 nitrogen and oxygen atoms in total. The number of aryl methyl sites for hydroxylation is 1. The summed E-state index contributed by atoms with van der Waals surface area (Å²) in [6.07, 6.45) is 8.29. The minimum Gasteiger partial charge on any atom is -0.342 e. The Kier molecular flexibility index (Phi) is 6.73. The number of imide groups is 1. The van der Waals surface area contributed by atoms with E-state index in [1.165, 1.54) is 4.90 Å². The molecule has 1 aromatic heterocycles. The molecule has 2 atom stereocenters. The zero-order chi connectivity index (χ0) is 25.3. The first kappa shape index (κ1) is 24.3. The van der Waals surface area contributed by atoms with Crippen LogP contribution in [0.25, 0.3) is 0 Å². The normalized spacial score (nSPS) is 25.0. The van der Waals surface area contributed by atoms with Gasteiger partial charge in [-0.2, -0.15) is 0 Å². The molecule has 5 rings (SSSR count). The fraction of sp³-hybridized carbons (Fsp3) is 0.483. The second kappa shape index (κ2) is 9.96. The summed E-state index contributed by atoms with van der Waals surface area (Å²) in [4.78, 5) is 61.3. The number of amides is 3. The van der Waals surface area contributed by atoms with Crippen molar-refractivity contribution in [1.29, 1.82) is 0 Å². The van der Waals surface area contributed by atoms with Gasteiger partial charge in [-0.3, -0.25) is 29.1 Å². The van der Waals surface area contributed by atoms with E-state index in [1.807, 2.05) is 31.2 Å².